The Balaban J connectivity index is 1.79. The lowest BCUT2D eigenvalue weighted by atomic mass is 9.89. The van der Waals surface area contributed by atoms with Gasteiger partial charge in [0.05, 0.1) is 11.1 Å². The van der Waals surface area contributed by atoms with Crippen LogP contribution in [0.3, 0.4) is 0 Å². The summed E-state index contributed by atoms with van der Waals surface area (Å²) < 4.78 is 5.35. The molecule has 0 amide bonds. The van der Waals surface area contributed by atoms with E-state index in [1.54, 1.807) is 0 Å². The van der Waals surface area contributed by atoms with Crippen molar-refractivity contribution < 1.29 is 0 Å². The van der Waals surface area contributed by atoms with E-state index in [-0.39, 0.29) is 11.0 Å². The minimum atomic E-state index is -1.97. The van der Waals surface area contributed by atoms with Crippen LogP contribution in [0.25, 0.3) is 0 Å². The van der Waals surface area contributed by atoms with E-state index >= 15 is 0 Å². The zero-order valence-electron chi connectivity index (χ0n) is 21.2. The number of hydrogen-bond acceptors (Lipinski definition) is 5. The van der Waals surface area contributed by atoms with E-state index in [1.807, 2.05) is 7.05 Å². The standard InChI is InChI=1S/C27H42N5P/c1-8-17-33(7)22-18-20(29-6)11-12-21(22)30-25(31-33)23-19(2)32(16-15-26(3,4)5)27(24(23)28)13-9-10-14-27/h11-12,18,29H,2,7-10,13-17,28H2,1,3-6H3,(H,30,31). The van der Waals surface area contributed by atoms with Gasteiger partial charge < -0.3 is 21.3 Å². The quantitative estimate of drug-likeness (QED) is 0.467. The van der Waals surface area contributed by atoms with Crippen LogP contribution in [0.5, 0.6) is 0 Å². The number of anilines is 2. The van der Waals surface area contributed by atoms with Crippen LogP contribution in [0.4, 0.5) is 11.4 Å². The van der Waals surface area contributed by atoms with Gasteiger partial charge in [-0.15, -0.1) is 0 Å². The lowest BCUT2D eigenvalue weighted by molar-refractivity contribution is 0.167. The molecule has 0 bridgehead atoms. The summed E-state index contributed by atoms with van der Waals surface area (Å²) in [6, 6.07) is 6.48. The fraction of sp³-hybridized carbons (Fsp3) is 0.556. The number of fused-ring (bicyclic) bond motifs is 1. The van der Waals surface area contributed by atoms with E-state index < -0.39 is 7.04 Å². The summed E-state index contributed by atoms with van der Waals surface area (Å²) in [7, 11) is -0.0185. The summed E-state index contributed by atoms with van der Waals surface area (Å²) >= 11 is 0. The van der Waals surface area contributed by atoms with Gasteiger partial charge in [-0.05, 0) is 49.0 Å². The number of hydrogen-bond donors (Lipinski definition) is 3. The molecule has 1 unspecified atom stereocenters. The molecule has 1 saturated carbocycles. The fourth-order valence-electron chi connectivity index (χ4n) is 5.67. The summed E-state index contributed by atoms with van der Waals surface area (Å²) in [4.78, 5) is 2.52. The summed E-state index contributed by atoms with van der Waals surface area (Å²) in [6.45, 7) is 14.7. The highest BCUT2D eigenvalue weighted by Gasteiger charge is 2.50. The van der Waals surface area contributed by atoms with Gasteiger partial charge in [0.2, 0.25) is 0 Å². The first-order valence-electron chi connectivity index (χ1n) is 12.4. The van der Waals surface area contributed by atoms with E-state index in [0.29, 0.717) is 0 Å². The number of benzene rings is 1. The van der Waals surface area contributed by atoms with Gasteiger partial charge in [0.25, 0.3) is 0 Å². The topological polar surface area (TPSA) is 65.7 Å². The highest BCUT2D eigenvalue weighted by Crippen LogP contribution is 2.54. The lowest BCUT2D eigenvalue weighted by Gasteiger charge is -2.40. The molecule has 1 atom stereocenters. The van der Waals surface area contributed by atoms with Crippen LogP contribution < -0.4 is 21.7 Å². The van der Waals surface area contributed by atoms with E-state index in [9.17, 15) is 0 Å². The number of rotatable bonds is 6. The number of nitrogens with one attached hydrogen (secondary N) is 2. The molecule has 1 aromatic carbocycles. The third kappa shape index (κ3) is 4.14. The van der Waals surface area contributed by atoms with E-state index in [2.05, 4.69) is 68.0 Å². The van der Waals surface area contributed by atoms with Gasteiger partial charge >= 0.3 is 0 Å². The maximum Gasteiger partial charge on any atom is 0.140 e. The van der Waals surface area contributed by atoms with Crippen molar-refractivity contribution in [1.29, 1.82) is 0 Å². The second-order valence-corrected chi connectivity index (χ2v) is 14.1. The molecule has 33 heavy (non-hydrogen) atoms. The van der Waals surface area contributed by atoms with Crippen LogP contribution in [0, 0.1) is 5.41 Å². The van der Waals surface area contributed by atoms with Crippen LogP contribution in [0.1, 0.15) is 66.2 Å². The van der Waals surface area contributed by atoms with Crippen molar-refractivity contribution in [2.75, 3.05) is 30.4 Å². The summed E-state index contributed by atoms with van der Waals surface area (Å²) in [6.07, 6.45) is 12.5. The van der Waals surface area contributed by atoms with Crippen LogP contribution in [-0.2, 0) is 0 Å². The number of amidine groups is 1. The molecule has 5 nitrogen and oxygen atoms in total. The molecule has 1 fully saturated rings. The second kappa shape index (κ2) is 8.58. The average molecular weight is 468 g/mol. The van der Waals surface area contributed by atoms with Gasteiger partial charge in [-0.1, -0.05) is 59.8 Å². The predicted octanol–water partition coefficient (Wildman–Crippen LogP) is 5.74. The van der Waals surface area contributed by atoms with Gasteiger partial charge in [-0.3, -0.25) is 0 Å². The highest BCUT2D eigenvalue weighted by molar-refractivity contribution is 7.80. The molecule has 2 heterocycles. The zero-order chi connectivity index (χ0) is 24.0. The Hall–Kier alpha value is -2.13. The van der Waals surface area contributed by atoms with Crippen LogP contribution in [0.2, 0.25) is 0 Å². The molecule has 3 aliphatic rings. The Morgan fingerprint density at radius 2 is 1.97 bits per heavy atom. The van der Waals surface area contributed by atoms with Gasteiger partial charge in [0.1, 0.15) is 5.84 Å². The van der Waals surface area contributed by atoms with Gasteiger partial charge in [-0.2, -0.15) is 0 Å². The first-order valence-corrected chi connectivity index (χ1v) is 14.6. The van der Waals surface area contributed by atoms with E-state index in [1.165, 1.54) is 18.1 Å². The molecule has 4 N–H and O–H groups in total. The van der Waals surface area contributed by atoms with Crippen molar-refractivity contribution in [2.45, 2.75) is 71.8 Å². The molecule has 0 saturated heterocycles. The fourth-order valence-corrected chi connectivity index (χ4v) is 8.35. The number of nitrogens with zero attached hydrogens (tertiary/aromatic N) is 2. The third-order valence-corrected chi connectivity index (χ3v) is 10.6. The molecule has 180 valence electrons. The highest BCUT2D eigenvalue weighted by atomic mass is 31.2. The Bertz CT molecular complexity index is 1050. The molecular formula is C27H42N5P. The average Bonchev–Trinajstić information content (AvgIpc) is 3.30. The van der Waals surface area contributed by atoms with Crippen LogP contribution in [-0.4, -0.2) is 42.3 Å². The number of nitrogens with two attached hydrogens (primary N) is 1. The van der Waals surface area contributed by atoms with Crippen molar-refractivity contribution >= 4 is 35.9 Å². The summed E-state index contributed by atoms with van der Waals surface area (Å²) in [5.74, 6) is 0.878. The van der Waals surface area contributed by atoms with Crippen molar-refractivity contribution in [3.8, 4) is 0 Å². The first kappa shape index (κ1) is 24.0. The van der Waals surface area contributed by atoms with Gasteiger partial charge in [0.15, 0.2) is 0 Å². The minimum Gasteiger partial charge on any atom is -0.399 e. The summed E-state index contributed by atoms with van der Waals surface area (Å²) in [5.41, 5.74) is 12.4. The van der Waals surface area contributed by atoms with Crippen molar-refractivity contribution in [3.63, 3.8) is 0 Å². The zero-order valence-corrected chi connectivity index (χ0v) is 22.1. The van der Waals surface area contributed by atoms with Crippen molar-refractivity contribution in [3.05, 3.63) is 41.7 Å². The van der Waals surface area contributed by atoms with Gasteiger partial charge in [-0.25, -0.2) is 4.76 Å². The molecule has 2 aliphatic heterocycles. The first-order chi connectivity index (χ1) is 15.5. The Labute approximate surface area is 200 Å². The molecule has 1 aliphatic carbocycles. The van der Waals surface area contributed by atoms with Crippen molar-refractivity contribution in [1.82, 2.24) is 4.90 Å². The monoisotopic (exact) mass is 467 g/mol. The third-order valence-electron chi connectivity index (χ3n) is 7.53. The minimum absolute atomic E-state index is 0.106. The van der Waals surface area contributed by atoms with Gasteiger partial charge in [0, 0.05) is 48.7 Å². The normalized spacial score (nSPS) is 24.2. The van der Waals surface area contributed by atoms with E-state index in [0.717, 1.165) is 72.6 Å². The Kier molecular flexibility index (Phi) is 6.24. The molecule has 0 aromatic heterocycles. The largest absolute Gasteiger partial charge is 0.399 e. The molecule has 6 heteroatoms. The Morgan fingerprint density at radius 1 is 1.27 bits per heavy atom. The Morgan fingerprint density at radius 3 is 2.58 bits per heavy atom. The molecule has 1 spiro atoms. The maximum atomic E-state index is 7.04. The second-order valence-electron chi connectivity index (χ2n) is 11.1. The maximum absolute atomic E-state index is 7.04. The molecule has 4 rings (SSSR count). The van der Waals surface area contributed by atoms with Crippen molar-refractivity contribution in [2.24, 2.45) is 15.9 Å². The molecule has 0 radical (unpaired) electrons. The predicted molar refractivity (Wildman–Crippen MR) is 148 cm³/mol. The molecular weight excluding hydrogens is 425 g/mol. The van der Waals surface area contributed by atoms with Crippen LogP contribution >= 0.6 is 7.04 Å². The lowest BCUT2D eigenvalue weighted by Crippen LogP contribution is -2.46. The molecule has 1 aromatic rings. The smallest absolute Gasteiger partial charge is 0.140 e. The van der Waals surface area contributed by atoms with E-state index in [4.69, 9.17) is 16.8 Å². The van der Waals surface area contributed by atoms with Crippen LogP contribution in [0.15, 0.2) is 46.5 Å². The SMILES string of the molecule is C=C1C(C2=NP(=C)(CCC)c3cc(NC)ccc3N2)=C(N)C2(CCCC2)N1CCC(C)(C)C. The summed E-state index contributed by atoms with van der Waals surface area (Å²) in [5, 5.41) is 8.15.